The molecule has 564 valence electrons. The Kier molecular flexibility index (Phi) is 21.9. The van der Waals surface area contributed by atoms with Crippen LogP contribution in [0, 0.1) is 0 Å². The predicted octanol–water partition coefficient (Wildman–Crippen LogP) is 13.6. The molecule has 6 N–H and O–H groups in total. The number of ether oxygens (including phenoxy) is 4. The van der Waals surface area contributed by atoms with Gasteiger partial charge in [0.1, 0.15) is 17.5 Å². The molecule has 4 fully saturated rings. The monoisotopic (exact) mass is 1520 g/mol. The molecule has 108 heavy (non-hydrogen) atoms. The number of pyridine rings is 3. The van der Waals surface area contributed by atoms with E-state index in [9.17, 15) is 41.1 Å². The second-order valence-electron chi connectivity index (χ2n) is 27.4. The fourth-order valence-corrected chi connectivity index (χ4v) is 17.0. The van der Waals surface area contributed by atoms with Gasteiger partial charge in [0, 0.05) is 84.3 Å². The quantitative estimate of drug-likeness (QED) is 0.0343. The maximum Gasteiger partial charge on any atom is 0.251 e. The number of nitrogens with zero attached hydrogens (tertiary/aromatic N) is 6. The highest BCUT2D eigenvalue weighted by atomic mass is 35.5. The number of halogens is 1. The predicted molar refractivity (Wildman–Crippen MR) is 416 cm³/mol. The second kappa shape index (κ2) is 31.9. The number of aromatic nitrogens is 5. The molecule has 4 amide bonds. The van der Waals surface area contributed by atoms with Crippen LogP contribution in [0.2, 0.25) is 5.02 Å². The van der Waals surface area contributed by atoms with Crippen LogP contribution in [0.3, 0.4) is 0 Å². The Hall–Kier alpha value is -10.9. The van der Waals surface area contributed by atoms with Crippen molar-refractivity contribution in [1.82, 2.24) is 38.8 Å². The highest BCUT2D eigenvalue weighted by Gasteiger charge is 2.53. The molecule has 6 aliphatic rings. The van der Waals surface area contributed by atoms with Crippen molar-refractivity contribution in [2.75, 3.05) is 56.3 Å². The first-order valence-electron chi connectivity index (χ1n) is 35.9. The third-order valence-electron chi connectivity index (χ3n) is 20.6. The molecule has 3 saturated carbocycles. The number of carbonyl (C=O) groups excluding carboxylic acids is 4. The standard InChI is InChI=1S/C29H32ClN3O4S.C28H27N5O5S.C24H21N3O4.4H2/c30-23-13-11-22(12-14-23)29(17-2-1-3-18-29)28(35)32-27-8-4-7-26(31-27)21-9-15-25(16-10-21)38(36,37)33-19-5-6-24(33)20-34;34-27(28(11-12-28)21-7-10-24-25(17-21)38-19-37-24)32-26-4-1-3-23(31-26)20-5-8-22(9-6-20)39(35,36)30-13-2-15-33-16-14-29-18-33;1-25-22(28)16-4-2-15(3-5-16)17-6-9-21(26-13-17)27-23(29)24(10-11-24)18-7-8-19-20(12-18)31-14-30-19;;;;/h4,7-16,24,34H,1-3,5-6,17-20H2,(H,31,32,35);1,3-10,14,16-18,30H,2,11-13,15,19H2,(H,31,32,34);2-9,12-13H,10-11,14H2,1H3,(H,25,28)(H,26,27,29);4*1H/t24-;;;;;;/m1....../s1. The van der Waals surface area contributed by atoms with E-state index in [1.54, 1.807) is 105 Å². The number of aliphatic hydroxyl groups excluding tert-OH is 1. The summed E-state index contributed by atoms with van der Waals surface area (Å²) in [5.41, 5.74) is 6.19. The molecule has 7 heterocycles. The van der Waals surface area contributed by atoms with Gasteiger partial charge < -0.3 is 49.9 Å². The zero-order chi connectivity index (χ0) is 75.1. The molecule has 0 bridgehead atoms. The largest absolute Gasteiger partial charge is 0.454 e. The van der Waals surface area contributed by atoms with Crippen molar-refractivity contribution >= 4 is 72.7 Å². The number of hydrogen-bond acceptors (Lipinski definition) is 17. The number of aliphatic hydroxyl groups is 1. The van der Waals surface area contributed by atoms with Crippen molar-refractivity contribution in [2.45, 2.75) is 116 Å². The Bertz CT molecular complexity index is 5190. The molecule has 24 nitrogen and oxygen atoms in total. The third-order valence-corrected chi connectivity index (χ3v) is 24.3. The summed E-state index contributed by atoms with van der Waals surface area (Å²) in [6.07, 6.45) is 16.7. The van der Waals surface area contributed by atoms with Crippen LogP contribution in [0.5, 0.6) is 23.0 Å². The summed E-state index contributed by atoms with van der Waals surface area (Å²) in [5.74, 6) is 3.73. The normalized spacial score (nSPS) is 16.8. The minimum Gasteiger partial charge on any atom is -0.454 e. The van der Waals surface area contributed by atoms with E-state index < -0.39 is 36.3 Å². The van der Waals surface area contributed by atoms with E-state index in [-0.39, 0.29) is 65.4 Å². The van der Waals surface area contributed by atoms with Crippen molar-refractivity contribution in [3.05, 3.63) is 234 Å². The summed E-state index contributed by atoms with van der Waals surface area (Å²) in [5, 5.41) is 21.8. The van der Waals surface area contributed by atoms with Gasteiger partial charge in [-0.2, -0.15) is 4.31 Å². The minimum absolute atomic E-state index is 0. The van der Waals surface area contributed by atoms with Gasteiger partial charge in [-0.05, 0) is 189 Å². The third kappa shape index (κ3) is 16.2. The van der Waals surface area contributed by atoms with E-state index >= 15 is 0 Å². The van der Waals surface area contributed by atoms with E-state index in [0.717, 1.165) is 103 Å². The highest BCUT2D eigenvalue weighted by Crippen LogP contribution is 2.53. The van der Waals surface area contributed by atoms with Crippen LogP contribution in [0.1, 0.15) is 110 Å². The Morgan fingerprint density at radius 1 is 0.565 bits per heavy atom. The van der Waals surface area contributed by atoms with E-state index in [4.69, 9.17) is 30.5 Å². The Morgan fingerprint density at radius 2 is 1.08 bits per heavy atom. The summed E-state index contributed by atoms with van der Waals surface area (Å²) < 4.78 is 79.2. The molecule has 1 atom stereocenters. The molecule has 6 aromatic carbocycles. The lowest BCUT2D eigenvalue weighted by molar-refractivity contribution is -0.123. The second-order valence-corrected chi connectivity index (χ2v) is 31.5. The summed E-state index contributed by atoms with van der Waals surface area (Å²) in [6.45, 7) is 1.63. The Balaban J connectivity index is 0.000000176. The topological polar surface area (TPSA) is 314 Å². The van der Waals surface area contributed by atoms with Crippen LogP contribution in [0.15, 0.2) is 217 Å². The average Bonchev–Trinajstić information content (AvgIpc) is 1.60. The SMILES string of the molecule is CNC(=O)c1ccc(-c2ccc(NC(=O)C3(c4ccc5c(c4)OCO5)CC3)nc2)cc1.O=C(Nc1cccc(-c2ccc(S(=O)(=O)N3CCC[C@@H]3CO)cc2)n1)C1(c2ccc(Cl)cc2)CCCCC1.O=C(Nc1cccc(-c2ccc(S(=O)(=O)NCCCn3ccnc3)cc2)n1)C1(c2ccc3c(c2)OCO3)CC1.[HH].[HH].[HH].[HH]. The fraction of sp³-hybridized carbons (Fsp3) is 0.284. The van der Waals surface area contributed by atoms with Gasteiger partial charge in [0.05, 0.1) is 50.4 Å². The number of anilines is 3. The number of fused-ring (bicyclic) bond motifs is 2. The van der Waals surface area contributed by atoms with Gasteiger partial charge in [0.15, 0.2) is 23.0 Å². The molecular weight excluding hydrogens is 1430 g/mol. The van der Waals surface area contributed by atoms with E-state index in [1.165, 1.54) is 4.31 Å². The summed E-state index contributed by atoms with van der Waals surface area (Å²) in [4.78, 5) is 69.7. The van der Waals surface area contributed by atoms with Crippen molar-refractivity contribution < 1.29 is 65.8 Å². The molecular formula is C81H88ClN11O13S2. The van der Waals surface area contributed by atoms with Gasteiger partial charge in [-0.15, -0.1) is 0 Å². The van der Waals surface area contributed by atoms with Crippen LogP contribution in [-0.2, 0) is 57.2 Å². The Labute approximate surface area is 636 Å². The van der Waals surface area contributed by atoms with Crippen molar-refractivity contribution in [3.63, 3.8) is 0 Å². The zero-order valence-corrected chi connectivity index (χ0v) is 61.5. The first kappa shape index (κ1) is 74.0. The number of imidazole rings is 1. The van der Waals surface area contributed by atoms with Gasteiger partial charge in [-0.25, -0.2) is 41.5 Å². The maximum atomic E-state index is 13.7. The summed E-state index contributed by atoms with van der Waals surface area (Å²) in [7, 11) is -5.71. The van der Waals surface area contributed by atoms with Crippen molar-refractivity contribution in [2.24, 2.45) is 0 Å². The molecule has 27 heteroatoms. The van der Waals surface area contributed by atoms with Crippen molar-refractivity contribution in [3.8, 4) is 56.6 Å². The molecule has 0 radical (unpaired) electrons. The van der Waals surface area contributed by atoms with Crippen LogP contribution in [0.25, 0.3) is 33.6 Å². The number of benzene rings is 6. The maximum absolute atomic E-state index is 13.7. The minimum atomic E-state index is -3.68. The summed E-state index contributed by atoms with van der Waals surface area (Å²) >= 11 is 6.11. The smallest absolute Gasteiger partial charge is 0.251 e. The number of amides is 4. The molecule has 3 aliphatic heterocycles. The average molecular weight is 1520 g/mol. The number of aryl methyl sites for hydroxylation is 1. The molecule has 4 aromatic heterocycles. The number of sulfonamides is 2. The molecule has 0 spiro atoms. The van der Waals surface area contributed by atoms with Crippen LogP contribution in [-0.4, -0.2) is 121 Å². The van der Waals surface area contributed by atoms with Crippen LogP contribution >= 0.6 is 11.6 Å². The van der Waals surface area contributed by atoms with E-state index in [1.807, 2.05) is 114 Å². The van der Waals surface area contributed by atoms with Gasteiger partial charge in [-0.1, -0.05) is 104 Å². The number of carbonyl (C=O) groups is 4. The first-order chi connectivity index (χ1) is 52.3. The van der Waals surface area contributed by atoms with Gasteiger partial charge in [0.25, 0.3) is 5.91 Å². The lowest BCUT2D eigenvalue weighted by atomic mass is 9.68. The van der Waals surface area contributed by atoms with E-state index in [2.05, 4.69) is 45.9 Å². The van der Waals surface area contributed by atoms with Gasteiger partial charge in [0.2, 0.25) is 51.4 Å². The highest BCUT2D eigenvalue weighted by molar-refractivity contribution is 7.89. The zero-order valence-electron chi connectivity index (χ0n) is 59.2. The molecule has 3 aliphatic carbocycles. The van der Waals surface area contributed by atoms with Crippen molar-refractivity contribution in [1.29, 1.82) is 0 Å². The lowest BCUT2D eigenvalue weighted by Crippen LogP contribution is -2.42. The number of rotatable bonds is 22. The Morgan fingerprint density at radius 3 is 1.60 bits per heavy atom. The molecule has 16 rings (SSSR count). The lowest BCUT2D eigenvalue weighted by Gasteiger charge is -2.36. The first-order valence-corrected chi connectivity index (χ1v) is 39.2. The van der Waals surface area contributed by atoms with Gasteiger partial charge in [-0.3, -0.25) is 19.2 Å². The van der Waals surface area contributed by atoms with E-state index in [0.29, 0.717) is 94.9 Å². The molecule has 10 aromatic rings. The van der Waals surface area contributed by atoms with Crippen LogP contribution < -0.4 is 44.9 Å². The number of nitrogens with one attached hydrogen (secondary N) is 5. The van der Waals surface area contributed by atoms with Gasteiger partial charge >= 0.3 is 0 Å². The number of hydrogen-bond donors (Lipinski definition) is 6. The molecule has 0 unspecified atom stereocenters. The fourth-order valence-electron chi connectivity index (χ4n) is 14.2. The summed E-state index contributed by atoms with van der Waals surface area (Å²) in [6, 6.07) is 53.4. The molecule has 1 saturated heterocycles. The van der Waals surface area contributed by atoms with Crippen LogP contribution in [0.4, 0.5) is 17.5 Å².